The van der Waals surface area contributed by atoms with Crippen LogP contribution in [0.15, 0.2) is 32.9 Å². The summed E-state index contributed by atoms with van der Waals surface area (Å²) in [6.07, 6.45) is 2.91. The van der Waals surface area contributed by atoms with Crippen LogP contribution in [0.25, 0.3) is 0 Å². The highest BCUT2D eigenvalue weighted by atomic mass is 79.9. The second-order valence-corrected chi connectivity index (χ2v) is 6.99. The standard InChI is InChI=1S/C15H20Br2O/c1-6-11(7-2)18-14-12(15(3,4)5)8-10(16)9-13(14)17/h6,8-9H,7H2,1-5H3. The molecular weight excluding hydrogens is 356 g/mol. The van der Waals surface area contributed by atoms with Gasteiger partial charge in [-0.15, -0.1) is 0 Å². The van der Waals surface area contributed by atoms with Crippen LogP contribution in [0.4, 0.5) is 0 Å². The fraction of sp³-hybridized carbons (Fsp3) is 0.467. The van der Waals surface area contributed by atoms with E-state index in [0.717, 1.165) is 26.9 Å². The van der Waals surface area contributed by atoms with Crippen LogP contribution in [0, 0.1) is 0 Å². The summed E-state index contributed by atoms with van der Waals surface area (Å²) < 4.78 is 8.09. The Hall–Kier alpha value is -0.280. The van der Waals surface area contributed by atoms with Gasteiger partial charge in [-0.05, 0) is 46.5 Å². The summed E-state index contributed by atoms with van der Waals surface area (Å²) in [4.78, 5) is 0. The molecule has 0 amide bonds. The first kappa shape index (κ1) is 15.8. The molecule has 0 saturated heterocycles. The largest absolute Gasteiger partial charge is 0.461 e. The van der Waals surface area contributed by atoms with E-state index in [4.69, 9.17) is 4.74 Å². The Kier molecular flexibility index (Phi) is 5.47. The summed E-state index contributed by atoms with van der Waals surface area (Å²) in [5, 5.41) is 0. The Morgan fingerprint density at radius 1 is 1.28 bits per heavy atom. The molecule has 18 heavy (non-hydrogen) atoms. The smallest absolute Gasteiger partial charge is 0.144 e. The number of rotatable bonds is 3. The highest BCUT2D eigenvalue weighted by Gasteiger charge is 2.22. The average molecular weight is 376 g/mol. The molecule has 1 rings (SSSR count). The van der Waals surface area contributed by atoms with Crippen molar-refractivity contribution in [3.8, 4) is 5.75 Å². The molecule has 0 atom stereocenters. The summed E-state index contributed by atoms with van der Waals surface area (Å²) in [5.74, 6) is 1.91. The Labute approximate surface area is 127 Å². The van der Waals surface area contributed by atoms with Crippen molar-refractivity contribution >= 4 is 31.9 Å². The predicted octanol–water partition coefficient (Wildman–Crippen LogP) is 6.20. The number of halogens is 2. The zero-order chi connectivity index (χ0) is 13.9. The molecule has 0 fully saturated rings. The van der Waals surface area contributed by atoms with Crippen LogP contribution in [0.3, 0.4) is 0 Å². The Morgan fingerprint density at radius 3 is 2.33 bits per heavy atom. The third-order valence-corrected chi connectivity index (χ3v) is 3.77. The molecule has 0 radical (unpaired) electrons. The van der Waals surface area contributed by atoms with Gasteiger partial charge in [-0.2, -0.15) is 0 Å². The lowest BCUT2D eigenvalue weighted by Gasteiger charge is -2.24. The van der Waals surface area contributed by atoms with Crippen LogP contribution in [-0.4, -0.2) is 0 Å². The van der Waals surface area contributed by atoms with Gasteiger partial charge in [0.15, 0.2) is 0 Å². The molecular formula is C15H20Br2O. The van der Waals surface area contributed by atoms with Crippen molar-refractivity contribution in [2.24, 2.45) is 0 Å². The van der Waals surface area contributed by atoms with Gasteiger partial charge in [-0.25, -0.2) is 0 Å². The minimum Gasteiger partial charge on any atom is -0.461 e. The lowest BCUT2D eigenvalue weighted by Crippen LogP contribution is -2.14. The summed E-state index contributed by atoms with van der Waals surface area (Å²) >= 11 is 7.13. The first-order chi connectivity index (χ1) is 8.29. The van der Waals surface area contributed by atoms with E-state index >= 15 is 0 Å². The zero-order valence-electron chi connectivity index (χ0n) is 11.6. The second kappa shape index (κ2) is 6.25. The predicted molar refractivity (Wildman–Crippen MR) is 85.2 cm³/mol. The molecule has 0 saturated carbocycles. The van der Waals surface area contributed by atoms with Gasteiger partial charge < -0.3 is 4.74 Å². The van der Waals surface area contributed by atoms with Crippen molar-refractivity contribution in [2.45, 2.75) is 46.5 Å². The molecule has 0 bridgehead atoms. The molecule has 1 nitrogen and oxygen atoms in total. The molecule has 0 aromatic heterocycles. The van der Waals surface area contributed by atoms with Crippen LogP contribution < -0.4 is 4.74 Å². The van der Waals surface area contributed by atoms with E-state index in [9.17, 15) is 0 Å². The Balaban J connectivity index is 3.33. The fourth-order valence-corrected chi connectivity index (χ4v) is 2.99. The quantitative estimate of drug-likeness (QED) is 0.571. The molecule has 0 spiro atoms. The summed E-state index contributed by atoms with van der Waals surface area (Å²) in [5.41, 5.74) is 1.23. The van der Waals surface area contributed by atoms with E-state index in [2.05, 4.69) is 65.6 Å². The number of benzene rings is 1. The normalized spacial score (nSPS) is 12.7. The van der Waals surface area contributed by atoms with E-state index in [0.29, 0.717) is 0 Å². The lowest BCUT2D eigenvalue weighted by atomic mass is 9.86. The van der Waals surface area contributed by atoms with E-state index < -0.39 is 0 Å². The summed E-state index contributed by atoms with van der Waals surface area (Å²) in [6, 6.07) is 4.15. The van der Waals surface area contributed by atoms with Crippen LogP contribution in [0.5, 0.6) is 5.75 Å². The summed E-state index contributed by atoms with van der Waals surface area (Å²) in [6.45, 7) is 10.7. The maximum Gasteiger partial charge on any atom is 0.144 e. The van der Waals surface area contributed by atoms with E-state index in [1.54, 1.807) is 0 Å². The molecule has 0 heterocycles. The number of hydrogen-bond acceptors (Lipinski definition) is 1. The van der Waals surface area contributed by atoms with Crippen LogP contribution in [0.2, 0.25) is 0 Å². The molecule has 0 aliphatic heterocycles. The second-order valence-electron chi connectivity index (χ2n) is 5.22. The minimum absolute atomic E-state index is 0.0359. The Morgan fingerprint density at radius 2 is 1.89 bits per heavy atom. The summed E-state index contributed by atoms with van der Waals surface area (Å²) in [7, 11) is 0. The van der Waals surface area contributed by atoms with Crippen molar-refractivity contribution in [1.29, 1.82) is 0 Å². The van der Waals surface area contributed by atoms with Gasteiger partial charge in [-0.1, -0.05) is 43.6 Å². The molecule has 0 N–H and O–H groups in total. The van der Waals surface area contributed by atoms with Crippen molar-refractivity contribution < 1.29 is 4.74 Å². The van der Waals surface area contributed by atoms with Crippen molar-refractivity contribution in [2.75, 3.05) is 0 Å². The lowest BCUT2D eigenvalue weighted by molar-refractivity contribution is 0.390. The fourth-order valence-electron chi connectivity index (χ4n) is 1.69. The van der Waals surface area contributed by atoms with E-state index in [1.807, 2.05) is 19.1 Å². The molecule has 0 aliphatic carbocycles. The topological polar surface area (TPSA) is 9.23 Å². The van der Waals surface area contributed by atoms with Gasteiger partial charge in [0.25, 0.3) is 0 Å². The number of ether oxygens (including phenoxy) is 1. The molecule has 3 heteroatoms. The number of allylic oxidation sites excluding steroid dienone is 2. The van der Waals surface area contributed by atoms with Gasteiger partial charge in [0.05, 0.1) is 10.2 Å². The SMILES string of the molecule is CC=C(CC)Oc1c(Br)cc(Br)cc1C(C)(C)C. The third-order valence-electron chi connectivity index (χ3n) is 2.72. The van der Waals surface area contributed by atoms with E-state index in [-0.39, 0.29) is 5.41 Å². The highest BCUT2D eigenvalue weighted by molar-refractivity contribution is 9.11. The average Bonchev–Trinajstić information content (AvgIpc) is 2.26. The van der Waals surface area contributed by atoms with Crippen LogP contribution in [-0.2, 0) is 5.41 Å². The van der Waals surface area contributed by atoms with Crippen LogP contribution in [0.1, 0.15) is 46.6 Å². The van der Waals surface area contributed by atoms with Crippen molar-refractivity contribution in [3.05, 3.63) is 38.5 Å². The van der Waals surface area contributed by atoms with Gasteiger partial charge >= 0.3 is 0 Å². The van der Waals surface area contributed by atoms with Crippen LogP contribution >= 0.6 is 31.9 Å². The monoisotopic (exact) mass is 374 g/mol. The van der Waals surface area contributed by atoms with Crippen molar-refractivity contribution in [3.63, 3.8) is 0 Å². The maximum absolute atomic E-state index is 6.05. The highest BCUT2D eigenvalue weighted by Crippen LogP contribution is 2.40. The van der Waals surface area contributed by atoms with Gasteiger partial charge in [0, 0.05) is 16.5 Å². The first-order valence-corrected chi connectivity index (χ1v) is 7.70. The van der Waals surface area contributed by atoms with E-state index in [1.165, 1.54) is 5.56 Å². The maximum atomic E-state index is 6.05. The molecule has 0 unspecified atom stereocenters. The van der Waals surface area contributed by atoms with Gasteiger partial charge in [0.1, 0.15) is 5.75 Å². The molecule has 100 valence electrons. The Bertz CT molecular complexity index is 456. The minimum atomic E-state index is 0.0359. The van der Waals surface area contributed by atoms with Gasteiger partial charge in [-0.3, -0.25) is 0 Å². The zero-order valence-corrected chi connectivity index (χ0v) is 14.8. The molecule has 0 aliphatic rings. The molecule has 1 aromatic carbocycles. The number of hydrogen-bond donors (Lipinski definition) is 0. The van der Waals surface area contributed by atoms with Crippen molar-refractivity contribution in [1.82, 2.24) is 0 Å². The molecule has 1 aromatic rings. The third kappa shape index (κ3) is 3.86. The first-order valence-electron chi connectivity index (χ1n) is 6.12. The van der Waals surface area contributed by atoms with Gasteiger partial charge in [0.2, 0.25) is 0 Å².